The number of hydrogen-bond acceptors (Lipinski definition) is 8. The molecule has 29 heavy (non-hydrogen) atoms. The first-order chi connectivity index (χ1) is 13.6. The van der Waals surface area contributed by atoms with Gasteiger partial charge in [0.15, 0.2) is 0 Å². The van der Waals surface area contributed by atoms with E-state index < -0.39 is 34.8 Å². The fourth-order valence-corrected chi connectivity index (χ4v) is 6.33. The topological polar surface area (TPSA) is 168 Å². The highest BCUT2D eigenvalue weighted by atomic mass is 32.2. The molecule has 3 aliphatic rings. The van der Waals surface area contributed by atoms with Gasteiger partial charge in [0.1, 0.15) is 5.54 Å². The van der Waals surface area contributed by atoms with Gasteiger partial charge in [0, 0.05) is 44.7 Å². The Morgan fingerprint density at radius 3 is 2.59 bits per heavy atom. The van der Waals surface area contributed by atoms with Crippen LogP contribution >= 0.6 is 0 Å². The van der Waals surface area contributed by atoms with Crippen molar-refractivity contribution in [1.82, 2.24) is 19.2 Å². The molecule has 3 heterocycles. The van der Waals surface area contributed by atoms with Crippen molar-refractivity contribution in [1.29, 1.82) is 0 Å². The first-order valence-electron chi connectivity index (χ1n) is 10.2. The van der Waals surface area contributed by atoms with E-state index in [1.165, 1.54) is 8.61 Å². The normalized spacial score (nSPS) is 31.3. The Morgan fingerprint density at radius 2 is 2.07 bits per heavy atom. The summed E-state index contributed by atoms with van der Waals surface area (Å²) >= 11 is 0. The molecule has 0 aromatic rings. The average Bonchev–Trinajstić information content (AvgIpc) is 3.21. The Morgan fingerprint density at radius 1 is 1.34 bits per heavy atom. The average molecular weight is 433 g/mol. The lowest BCUT2D eigenvalue weighted by atomic mass is 9.78. The number of hydrogen-bond donors (Lipinski definition) is 6. The number of carboxylic acids is 1. The first kappa shape index (κ1) is 22.9. The van der Waals surface area contributed by atoms with E-state index in [4.69, 9.17) is 15.8 Å². The molecule has 3 rings (SSSR count). The molecule has 1 unspecified atom stereocenters. The SMILES string of the molecule is N[C@@]1(C(=O)O)CN(S(=O)(=O)N(CC2CCCN2)C2CNC2)C[C@@H]1CCCB(O)O. The zero-order valence-electron chi connectivity index (χ0n) is 16.5. The molecule has 0 aromatic heterocycles. The third-order valence-corrected chi connectivity index (χ3v) is 8.33. The Hall–Kier alpha value is -0.795. The maximum atomic E-state index is 13.5. The third-order valence-electron chi connectivity index (χ3n) is 6.36. The van der Waals surface area contributed by atoms with E-state index >= 15 is 0 Å². The van der Waals surface area contributed by atoms with Crippen molar-refractivity contribution in [3.63, 3.8) is 0 Å². The van der Waals surface area contributed by atoms with E-state index in [2.05, 4.69) is 10.6 Å². The molecule has 0 amide bonds. The number of aliphatic carboxylic acids is 1. The second-order valence-corrected chi connectivity index (χ2v) is 10.3. The van der Waals surface area contributed by atoms with Crippen LogP contribution in [0.3, 0.4) is 0 Å². The summed E-state index contributed by atoms with van der Waals surface area (Å²) in [7, 11) is -5.36. The maximum absolute atomic E-state index is 13.5. The monoisotopic (exact) mass is 433 g/mol. The molecule has 13 heteroatoms. The van der Waals surface area contributed by atoms with Gasteiger partial charge in [-0.15, -0.1) is 0 Å². The van der Waals surface area contributed by atoms with Crippen LogP contribution in [0.15, 0.2) is 0 Å². The third kappa shape index (κ3) is 4.93. The molecular formula is C16H32BN5O6S. The highest BCUT2D eigenvalue weighted by Crippen LogP contribution is 2.34. The second kappa shape index (κ2) is 9.14. The van der Waals surface area contributed by atoms with Crippen LogP contribution in [0.25, 0.3) is 0 Å². The number of nitrogens with one attached hydrogen (secondary N) is 2. The number of rotatable bonds is 10. The van der Waals surface area contributed by atoms with Gasteiger partial charge < -0.3 is 31.5 Å². The number of nitrogens with zero attached hydrogens (tertiary/aromatic N) is 2. The van der Waals surface area contributed by atoms with Gasteiger partial charge in [-0.05, 0) is 32.1 Å². The van der Waals surface area contributed by atoms with Crippen LogP contribution in [0.1, 0.15) is 25.7 Å². The minimum atomic E-state index is -3.88. The van der Waals surface area contributed by atoms with Gasteiger partial charge in [-0.3, -0.25) is 4.79 Å². The van der Waals surface area contributed by atoms with Crippen molar-refractivity contribution >= 4 is 23.3 Å². The van der Waals surface area contributed by atoms with Gasteiger partial charge in [-0.2, -0.15) is 17.0 Å². The van der Waals surface area contributed by atoms with Gasteiger partial charge in [-0.1, -0.05) is 6.42 Å². The summed E-state index contributed by atoms with van der Waals surface area (Å²) in [4.78, 5) is 11.9. The number of nitrogens with two attached hydrogens (primary N) is 1. The molecule has 11 nitrogen and oxygen atoms in total. The predicted molar refractivity (Wildman–Crippen MR) is 107 cm³/mol. The van der Waals surface area contributed by atoms with Crippen molar-refractivity contribution in [2.75, 3.05) is 39.3 Å². The van der Waals surface area contributed by atoms with E-state index in [0.717, 1.165) is 19.4 Å². The van der Waals surface area contributed by atoms with Gasteiger partial charge >= 0.3 is 13.1 Å². The molecule has 0 saturated carbocycles. The molecule has 0 radical (unpaired) electrons. The summed E-state index contributed by atoms with van der Waals surface area (Å²) in [5.74, 6) is -1.83. The highest BCUT2D eigenvalue weighted by Gasteiger charge is 2.54. The largest absolute Gasteiger partial charge is 0.480 e. The van der Waals surface area contributed by atoms with Crippen LogP contribution in [0.2, 0.25) is 6.32 Å². The maximum Gasteiger partial charge on any atom is 0.451 e. The quantitative estimate of drug-likeness (QED) is 0.200. The van der Waals surface area contributed by atoms with Crippen molar-refractivity contribution in [3.8, 4) is 0 Å². The standard InChI is InChI=1S/C16H32BN5O6S/c18-16(15(23)24)11-21(9-12(16)3-1-5-17(25)26)29(27,28)22(14-7-19-8-14)10-13-4-2-6-20-13/h12-14,19-20,25-26H,1-11,18H2,(H,23,24)/t12-,13?,16-/m0/s1. The molecule has 3 saturated heterocycles. The van der Waals surface area contributed by atoms with Crippen LogP contribution in [0, 0.1) is 5.92 Å². The van der Waals surface area contributed by atoms with E-state index in [1.54, 1.807) is 0 Å². The Labute approximate surface area is 171 Å². The van der Waals surface area contributed by atoms with Crippen LogP contribution in [0.5, 0.6) is 0 Å². The summed E-state index contributed by atoms with van der Waals surface area (Å²) in [6.07, 6.45) is 2.67. The molecule has 7 N–H and O–H groups in total. The number of carboxylic acid groups (broad SMARTS) is 1. The van der Waals surface area contributed by atoms with Crippen molar-refractivity contribution < 1.29 is 28.4 Å². The zero-order valence-corrected chi connectivity index (χ0v) is 17.4. The van der Waals surface area contributed by atoms with Crippen LogP contribution in [0.4, 0.5) is 0 Å². The van der Waals surface area contributed by atoms with Gasteiger partial charge in [0.2, 0.25) is 0 Å². The molecular weight excluding hydrogens is 401 g/mol. The molecule has 0 bridgehead atoms. The van der Waals surface area contributed by atoms with Crippen LogP contribution in [-0.4, -0.2) is 102 Å². The predicted octanol–water partition coefficient (Wildman–Crippen LogP) is -2.78. The summed E-state index contributed by atoms with van der Waals surface area (Å²) in [5.41, 5.74) is 4.47. The molecule has 166 valence electrons. The summed E-state index contributed by atoms with van der Waals surface area (Å²) < 4.78 is 29.6. The minimum Gasteiger partial charge on any atom is -0.480 e. The highest BCUT2D eigenvalue weighted by molar-refractivity contribution is 7.86. The summed E-state index contributed by atoms with van der Waals surface area (Å²) in [5, 5.41) is 34.2. The lowest BCUT2D eigenvalue weighted by Crippen LogP contribution is -2.63. The fraction of sp³-hybridized carbons (Fsp3) is 0.938. The van der Waals surface area contributed by atoms with Gasteiger partial charge in [0.05, 0.1) is 6.04 Å². The van der Waals surface area contributed by atoms with Crippen molar-refractivity contribution in [2.45, 2.75) is 49.6 Å². The Balaban J connectivity index is 1.75. The smallest absolute Gasteiger partial charge is 0.451 e. The molecule has 3 atom stereocenters. The van der Waals surface area contributed by atoms with E-state index in [9.17, 15) is 18.3 Å². The van der Waals surface area contributed by atoms with Crippen LogP contribution in [-0.2, 0) is 15.0 Å². The molecule has 0 aliphatic carbocycles. The second-order valence-electron chi connectivity index (χ2n) is 8.43. The lowest BCUT2D eigenvalue weighted by molar-refractivity contribution is -0.144. The van der Waals surface area contributed by atoms with Crippen molar-refractivity contribution in [3.05, 3.63) is 0 Å². The minimum absolute atomic E-state index is 0.0153. The first-order valence-corrected chi connectivity index (χ1v) is 11.6. The Kier molecular flexibility index (Phi) is 7.21. The van der Waals surface area contributed by atoms with E-state index in [0.29, 0.717) is 32.5 Å². The fourth-order valence-electron chi connectivity index (χ4n) is 4.39. The van der Waals surface area contributed by atoms with Gasteiger partial charge in [0.25, 0.3) is 10.2 Å². The Bertz CT molecular complexity index is 687. The summed E-state index contributed by atoms with van der Waals surface area (Å²) in [6, 6.07) is -0.0556. The molecule has 3 aliphatic heterocycles. The lowest BCUT2D eigenvalue weighted by Gasteiger charge is -2.40. The molecule has 0 aromatic carbocycles. The number of carbonyl (C=O) groups is 1. The van der Waals surface area contributed by atoms with Crippen molar-refractivity contribution in [2.24, 2.45) is 11.7 Å². The van der Waals surface area contributed by atoms with Crippen LogP contribution < -0.4 is 16.4 Å². The molecule has 0 spiro atoms. The van der Waals surface area contributed by atoms with E-state index in [1.807, 2.05) is 0 Å². The summed E-state index contributed by atoms with van der Waals surface area (Å²) in [6.45, 7) is 2.11. The molecule has 3 fully saturated rings. The van der Waals surface area contributed by atoms with Gasteiger partial charge in [-0.25, -0.2) is 0 Å². The zero-order chi connectivity index (χ0) is 21.2. The van der Waals surface area contributed by atoms with E-state index in [-0.39, 0.29) is 31.5 Å².